The number of nitrogens with one attached hydrogen (secondary N) is 1. The van der Waals surface area contributed by atoms with Gasteiger partial charge in [0.1, 0.15) is 0 Å². The van der Waals surface area contributed by atoms with E-state index >= 15 is 0 Å². The van der Waals surface area contributed by atoms with Crippen LogP contribution in [0.15, 0.2) is 18.2 Å². The summed E-state index contributed by atoms with van der Waals surface area (Å²) in [5.41, 5.74) is 8.46. The molecule has 3 nitrogen and oxygen atoms in total. The van der Waals surface area contributed by atoms with Crippen LogP contribution in [0.3, 0.4) is 0 Å². The Balaban J connectivity index is 1.81. The molecule has 0 saturated heterocycles. The van der Waals surface area contributed by atoms with Gasteiger partial charge in [-0.15, -0.1) is 0 Å². The third-order valence-electron chi connectivity index (χ3n) is 4.30. The molecule has 1 aliphatic carbocycles. The van der Waals surface area contributed by atoms with Crippen LogP contribution in [0.5, 0.6) is 0 Å². The number of nitrogens with zero attached hydrogens (tertiary/aromatic N) is 1. The summed E-state index contributed by atoms with van der Waals surface area (Å²) in [5, 5.41) is 4.69. The molecule has 2 aromatic rings. The Morgan fingerprint density at radius 2 is 1.86 bits per heavy atom. The van der Waals surface area contributed by atoms with Crippen LogP contribution in [0.25, 0.3) is 10.2 Å². The number of rotatable bonds is 2. The first-order valence-corrected chi connectivity index (χ1v) is 8.47. The van der Waals surface area contributed by atoms with Crippen LogP contribution in [-0.4, -0.2) is 11.0 Å². The molecule has 1 heterocycles. The second-order valence-electron chi connectivity index (χ2n) is 8.00. The van der Waals surface area contributed by atoms with Crippen LogP contribution in [0.2, 0.25) is 0 Å². The van der Waals surface area contributed by atoms with E-state index in [-0.39, 0.29) is 0 Å². The van der Waals surface area contributed by atoms with Crippen LogP contribution in [0, 0.1) is 10.8 Å². The SMILES string of the molecule is CC1(C)CC(Nc2nc3ccc(N)cc3s2)CC(C)(C)C1. The highest BCUT2D eigenvalue weighted by Gasteiger charge is 2.38. The molecule has 0 bridgehead atoms. The van der Waals surface area contributed by atoms with E-state index in [1.54, 1.807) is 11.3 Å². The van der Waals surface area contributed by atoms with Crippen LogP contribution in [0.4, 0.5) is 10.8 Å². The lowest BCUT2D eigenvalue weighted by Crippen LogP contribution is -2.40. The number of nitrogen functional groups attached to an aromatic ring is 1. The fourth-order valence-corrected chi connectivity index (χ4v) is 5.12. The highest BCUT2D eigenvalue weighted by atomic mass is 32.1. The molecule has 0 atom stereocenters. The summed E-state index contributed by atoms with van der Waals surface area (Å²) in [6.45, 7) is 9.51. The van der Waals surface area contributed by atoms with Gasteiger partial charge in [-0.1, -0.05) is 39.0 Å². The predicted octanol–water partition coefficient (Wildman–Crippen LogP) is 4.90. The Bertz CT molecular complexity index is 641. The minimum absolute atomic E-state index is 0.389. The van der Waals surface area contributed by atoms with Gasteiger partial charge in [-0.05, 0) is 48.3 Å². The fraction of sp³-hybridized carbons (Fsp3) is 0.588. The van der Waals surface area contributed by atoms with Crippen molar-refractivity contribution in [3.8, 4) is 0 Å². The van der Waals surface area contributed by atoms with E-state index < -0.39 is 0 Å². The molecular formula is C17H25N3S. The standard InChI is InChI=1S/C17H25N3S/c1-16(2)8-12(9-17(3,4)10-16)19-15-20-13-6-5-11(18)7-14(13)21-15/h5-7,12H,8-10,18H2,1-4H3,(H,19,20). The summed E-state index contributed by atoms with van der Waals surface area (Å²) in [6, 6.07) is 6.42. The van der Waals surface area contributed by atoms with Gasteiger partial charge in [0.15, 0.2) is 5.13 Å². The molecule has 0 amide bonds. The van der Waals surface area contributed by atoms with E-state index in [2.05, 4.69) is 33.0 Å². The monoisotopic (exact) mass is 303 g/mol. The topological polar surface area (TPSA) is 50.9 Å². The maximum absolute atomic E-state index is 5.85. The summed E-state index contributed by atoms with van der Waals surface area (Å²) < 4.78 is 1.16. The molecule has 0 spiro atoms. The van der Waals surface area contributed by atoms with E-state index in [0.717, 1.165) is 21.0 Å². The Labute approximate surface area is 131 Å². The van der Waals surface area contributed by atoms with Crippen LogP contribution < -0.4 is 11.1 Å². The van der Waals surface area contributed by atoms with E-state index in [1.165, 1.54) is 19.3 Å². The molecule has 21 heavy (non-hydrogen) atoms. The quantitative estimate of drug-likeness (QED) is 0.776. The molecule has 1 aromatic carbocycles. The van der Waals surface area contributed by atoms with Crippen LogP contribution >= 0.6 is 11.3 Å². The van der Waals surface area contributed by atoms with Gasteiger partial charge < -0.3 is 11.1 Å². The summed E-state index contributed by atoms with van der Waals surface area (Å²) in [5.74, 6) is 0. The Morgan fingerprint density at radius 3 is 2.52 bits per heavy atom. The van der Waals surface area contributed by atoms with E-state index in [0.29, 0.717) is 16.9 Å². The number of hydrogen-bond donors (Lipinski definition) is 2. The largest absolute Gasteiger partial charge is 0.399 e. The first-order chi connectivity index (χ1) is 9.72. The normalized spacial score (nSPS) is 21.5. The second-order valence-corrected chi connectivity index (χ2v) is 9.03. The van der Waals surface area contributed by atoms with E-state index in [1.807, 2.05) is 18.2 Å². The molecule has 3 N–H and O–H groups in total. The van der Waals surface area contributed by atoms with Crippen LogP contribution in [0.1, 0.15) is 47.0 Å². The van der Waals surface area contributed by atoms with Gasteiger partial charge in [-0.25, -0.2) is 4.98 Å². The van der Waals surface area contributed by atoms with Gasteiger partial charge in [-0.2, -0.15) is 0 Å². The van der Waals surface area contributed by atoms with Gasteiger partial charge in [-0.3, -0.25) is 0 Å². The molecule has 1 fully saturated rings. The molecule has 0 radical (unpaired) electrons. The van der Waals surface area contributed by atoms with Gasteiger partial charge in [0.25, 0.3) is 0 Å². The van der Waals surface area contributed by atoms with Crippen molar-refractivity contribution in [2.45, 2.75) is 53.0 Å². The molecule has 0 aliphatic heterocycles. The number of thiazole rings is 1. The van der Waals surface area contributed by atoms with Crippen molar-refractivity contribution in [2.24, 2.45) is 10.8 Å². The predicted molar refractivity (Wildman–Crippen MR) is 92.9 cm³/mol. The van der Waals surface area contributed by atoms with Crippen molar-refractivity contribution >= 4 is 32.4 Å². The highest BCUT2D eigenvalue weighted by molar-refractivity contribution is 7.22. The third-order valence-corrected chi connectivity index (χ3v) is 5.24. The summed E-state index contributed by atoms with van der Waals surface area (Å²) in [7, 11) is 0. The molecule has 1 aromatic heterocycles. The maximum atomic E-state index is 5.85. The zero-order valence-electron chi connectivity index (χ0n) is 13.4. The van der Waals surface area contributed by atoms with Gasteiger partial charge >= 0.3 is 0 Å². The van der Waals surface area contributed by atoms with Crippen molar-refractivity contribution < 1.29 is 0 Å². The van der Waals surface area contributed by atoms with Crippen molar-refractivity contribution in [3.63, 3.8) is 0 Å². The number of fused-ring (bicyclic) bond motifs is 1. The Kier molecular flexibility index (Phi) is 3.40. The fourth-order valence-electron chi connectivity index (χ4n) is 4.13. The molecular weight excluding hydrogens is 278 g/mol. The zero-order valence-corrected chi connectivity index (χ0v) is 14.2. The Hall–Kier alpha value is -1.29. The van der Waals surface area contributed by atoms with Gasteiger partial charge in [0.2, 0.25) is 0 Å². The highest BCUT2D eigenvalue weighted by Crippen LogP contribution is 2.46. The van der Waals surface area contributed by atoms with Crippen molar-refractivity contribution in [1.82, 2.24) is 4.98 Å². The second kappa shape index (κ2) is 4.87. The average molecular weight is 303 g/mol. The smallest absolute Gasteiger partial charge is 0.184 e. The average Bonchev–Trinajstić information content (AvgIpc) is 2.65. The summed E-state index contributed by atoms with van der Waals surface area (Å²) in [6.07, 6.45) is 3.69. The first kappa shape index (κ1) is 14.6. The number of nitrogens with two attached hydrogens (primary N) is 1. The number of aromatic nitrogens is 1. The lowest BCUT2D eigenvalue weighted by Gasteiger charge is -2.45. The number of hydrogen-bond acceptors (Lipinski definition) is 4. The van der Waals surface area contributed by atoms with E-state index in [4.69, 9.17) is 10.7 Å². The summed E-state index contributed by atoms with van der Waals surface area (Å²) in [4.78, 5) is 4.70. The van der Waals surface area contributed by atoms with Gasteiger partial charge in [0.05, 0.1) is 10.2 Å². The molecule has 4 heteroatoms. The van der Waals surface area contributed by atoms with Crippen molar-refractivity contribution in [2.75, 3.05) is 11.1 Å². The lowest BCUT2D eigenvalue weighted by molar-refractivity contribution is 0.105. The van der Waals surface area contributed by atoms with Crippen molar-refractivity contribution in [1.29, 1.82) is 0 Å². The summed E-state index contributed by atoms with van der Waals surface area (Å²) >= 11 is 1.70. The number of anilines is 2. The molecule has 3 rings (SSSR count). The van der Waals surface area contributed by atoms with Gasteiger partial charge in [0, 0.05) is 11.7 Å². The first-order valence-electron chi connectivity index (χ1n) is 7.65. The molecule has 0 unspecified atom stereocenters. The Morgan fingerprint density at radius 1 is 1.19 bits per heavy atom. The third kappa shape index (κ3) is 3.31. The molecule has 1 aliphatic rings. The lowest BCUT2D eigenvalue weighted by atomic mass is 9.63. The molecule has 1 saturated carbocycles. The van der Waals surface area contributed by atoms with E-state index in [9.17, 15) is 0 Å². The minimum Gasteiger partial charge on any atom is -0.399 e. The minimum atomic E-state index is 0.389. The maximum Gasteiger partial charge on any atom is 0.184 e. The van der Waals surface area contributed by atoms with Crippen LogP contribution in [-0.2, 0) is 0 Å². The molecule has 114 valence electrons. The number of benzene rings is 1. The zero-order chi connectivity index (χ0) is 15.3. The van der Waals surface area contributed by atoms with Crippen molar-refractivity contribution in [3.05, 3.63) is 18.2 Å².